The summed E-state index contributed by atoms with van der Waals surface area (Å²) in [7, 11) is 0. The molecule has 0 bridgehead atoms. The van der Waals surface area contributed by atoms with Crippen LogP contribution in [-0.4, -0.2) is 9.13 Å². The summed E-state index contributed by atoms with van der Waals surface area (Å²) in [6, 6.07) is 47.0. The van der Waals surface area contributed by atoms with Crippen molar-refractivity contribution in [3.8, 4) is 33.9 Å². The molecule has 0 saturated carbocycles. The minimum atomic E-state index is 0.855. The van der Waals surface area contributed by atoms with Gasteiger partial charge in [-0.05, 0) is 46.5 Å². The first kappa shape index (κ1) is 29.0. The van der Waals surface area contributed by atoms with Crippen LogP contribution in [0.5, 0.6) is 0 Å². The van der Waals surface area contributed by atoms with Crippen LogP contribution >= 0.6 is 0 Å². The SMILES string of the molecule is c1ccc(C[n+]2ccn(-c3ccc(-[n+]4ccc(-c5cc[n+](-c6ccc(-n7cc[n+](Cc8ccccc8)c7)cc6)cc5)cc4)cc3)c2)cc1. The summed E-state index contributed by atoms with van der Waals surface area (Å²) in [5.74, 6) is 0. The molecule has 0 aliphatic rings. The Morgan fingerprint density at radius 1 is 0.375 bits per heavy atom. The Balaban J connectivity index is 0.905. The normalized spacial score (nSPS) is 11.1. The molecule has 6 nitrogen and oxygen atoms in total. The molecule has 8 aromatic rings. The fourth-order valence-corrected chi connectivity index (χ4v) is 6.05. The van der Waals surface area contributed by atoms with Crippen LogP contribution < -0.4 is 18.3 Å². The maximum absolute atomic E-state index is 2.20. The standard InChI is InChI=1S/C42H36N6/c1-3-7-35(8-4-1)31-43-27-29-47(33-43)41-15-11-39(12-16-41)45-23-19-37(20-24-45)38-21-25-46(26-22-38)40-13-17-42(18-14-40)48-30-28-44(34-48)32-36-9-5-2-6-10-36/h1-30,33-34H,31-32H2/q+4. The zero-order valence-corrected chi connectivity index (χ0v) is 26.6. The molecule has 0 N–H and O–H groups in total. The van der Waals surface area contributed by atoms with E-state index in [0.29, 0.717) is 0 Å². The molecule has 4 heterocycles. The highest BCUT2D eigenvalue weighted by Gasteiger charge is 2.13. The Bertz CT molecular complexity index is 2070. The van der Waals surface area contributed by atoms with E-state index in [1.165, 1.54) is 22.3 Å². The number of imidazole rings is 2. The van der Waals surface area contributed by atoms with E-state index in [0.717, 1.165) is 35.8 Å². The summed E-state index contributed by atoms with van der Waals surface area (Å²) < 4.78 is 13.0. The van der Waals surface area contributed by atoms with Gasteiger partial charge in [0.25, 0.3) is 0 Å². The molecule has 0 radical (unpaired) electrons. The molecule has 0 aliphatic heterocycles. The number of benzene rings is 4. The van der Waals surface area contributed by atoms with Crippen molar-refractivity contribution in [1.82, 2.24) is 9.13 Å². The van der Waals surface area contributed by atoms with Gasteiger partial charge in [0.05, 0.1) is 0 Å². The van der Waals surface area contributed by atoms with Crippen LogP contribution in [0.3, 0.4) is 0 Å². The highest BCUT2D eigenvalue weighted by Crippen LogP contribution is 2.18. The van der Waals surface area contributed by atoms with Gasteiger partial charge in [-0.15, -0.1) is 0 Å². The first-order valence-electron chi connectivity index (χ1n) is 16.2. The lowest BCUT2D eigenvalue weighted by atomic mass is 10.1. The molecule has 0 atom stereocenters. The van der Waals surface area contributed by atoms with E-state index < -0.39 is 0 Å². The van der Waals surface area contributed by atoms with E-state index in [4.69, 9.17) is 0 Å². The highest BCUT2D eigenvalue weighted by atomic mass is 15.1. The van der Waals surface area contributed by atoms with Crippen LogP contribution in [-0.2, 0) is 13.1 Å². The molecule has 48 heavy (non-hydrogen) atoms. The molecular weight excluding hydrogens is 589 g/mol. The third-order valence-corrected chi connectivity index (χ3v) is 8.68. The number of nitrogens with zero attached hydrogens (tertiary/aromatic N) is 6. The van der Waals surface area contributed by atoms with Crippen LogP contribution in [0, 0.1) is 0 Å². The van der Waals surface area contributed by atoms with E-state index in [1.54, 1.807) is 0 Å². The first-order valence-corrected chi connectivity index (χ1v) is 16.2. The van der Waals surface area contributed by atoms with Crippen LogP contribution in [0.25, 0.3) is 33.9 Å². The maximum atomic E-state index is 2.20. The maximum Gasteiger partial charge on any atom is 0.249 e. The van der Waals surface area contributed by atoms with Crippen molar-refractivity contribution < 1.29 is 18.3 Å². The van der Waals surface area contributed by atoms with Gasteiger partial charge >= 0.3 is 0 Å². The molecular formula is C42H36N6+4. The fourth-order valence-electron chi connectivity index (χ4n) is 6.05. The Morgan fingerprint density at radius 3 is 1.12 bits per heavy atom. The van der Waals surface area contributed by atoms with E-state index >= 15 is 0 Å². The summed E-state index contributed by atoms with van der Waals surface area (Å²) in [5.41, 5.74) is 9.44. The van der Waals surface area contributed by atoms with E-state index in [9.17, 15) is 0 Å². The van der Waals surface area contributed by atoms with Crippen LogP contribution in [0.4, 0.5) is 0 Å². The van der Waals surface area contributed by atoms with Gasteiger partial charge in [-0.25, -0.2) is 18.3 Å². The topological polar surface area (TPSA) is 25.4 Å². The lowest BCUT2D eigenvalue weighted by molar-refractivity contribution is -0.687. The molecule has 4 aromatic heterocycles. The molecule has 0 spiro atoms. The second-order valence-corrected chi connectivity index (χ2v) is 12.0. The van der Waals surface area contributed by atoms with Crippen molar-refractivity contribution in [2.75, 3.05) is 0 Å². The Kier molecular flexibility index (Phi) is 7.95. The van der Waals surface area contributed by atoms with Crippen LogP contribution in [0.15, 0.2) is 196 Å². The molecule has 0 unspecified atom stereocenters. The summed E-state index contributed by atoms with van der Waals surface area (Å²) in [6.45, 7) is 1.71. The summed E-state index contributed by atoms with van der Waals surface area (Å²) in [5, 5.41) is 0. The van der Waals surface area contributed by atoms with Crippen LogP contribution in [0.2, 0.25) is 0 Å². The lowest BCUT2D eigenvalue weighted by Crippen LogP contribution is -2.31. The van der Waals surface area contributed by atoms with Gasteiger partial charge in [-0.2, -0.15) is 9.13 Å². The van der Waals surface area contributed by atoms with Gasteiger partial charge in [0.2, 0.25) is 24.0 Å². The number of aromatic nitrogens is 6. The predicted molar refractivity (Wildman–Crippen MR) is 185 cm³/mol. The predicted octanol–water partition coefficient (Wildman–Crippen LogP) is 6.16. The largest absolute Gasteiger partial charge is 0.249 e. The lowest BCUT2D eigenvalue weighted by Gasteiger charge is -2.02. The minimum Gasteiger partial charge on any atom is -0.232 e. The number of hydrogen-bond acceptors (Lipinski definition) is 0. The number of pyridine rings is 2. The van der Waals surface area contributed by atoms with Gasteiger partial charge in [-0.1, -0.05) is 60.7 Å². The Hall–Kier alpha value is -6.40. The van der Waals surface area contributed by atoms with E-state index in [-0.39, 0.29) is 0 Å². The monoisotopic (exact) mass is 624 g/mol. The average molecular weight is 625 g/mol. The molecule has 6 heteroatoms. The molecule has 0 saturated heterocycles. The Morgan fingerprint density at radius 2 is 0.750 bits per heavy atom. The molecule has 4 aromatic carbocycles. The molecule has 0 fully saturated rings. The smallest absolute Gasteiger partial charge is 0.232 e. The van der Waals surface area contributed by atoms with Crippen molar-refractivity contribution >= 4 is 0 Å². The second-order valence-electron chi connectivity index (χ2n) is 12.0. The van der Waals surface area contributed by atoms with Crippen molar-refractivity contribution in [3.05, 3.63) is 207 Å². The quantitative estimate of drug-likeness (QED) is 0.172. The van der Waals surface area contributed by atoms with Gasteiger partial charge in [0, 0.05) is 48.5 Å². The van der Waals surface area contributed by atoms with Gasteiger partial charge < -0.3 is 0 Å². The zero-order valence-electron chi connectivity index (χ0n) is 26.6. The molecule has 230 valence electrons. The molecule has 0 aliphatic carbocycles. The minimum absolute atomic E-state index is 0.855. The highest BCUT2D eigenvalue weighted by molar-refractivity contribution is 5.61. The van der Waals surface area contributed by atoms with Crippen molar-refractivity contribution in [2.24, 2.45) is 0 Å². The third kappa shape index (κ3) is 6.46. The van der Waals surface area contributed by atoms with Gasteiger partial charge in [0.1, 0.15) is 49.3 Å². The molecule has 8 rings (SSSR count). The van der Waals surface area contributed by atoms with Crippen LogP contribution in [0.1, 0.15) is 11.1 Å². The van der Waals surface area contributed by atoms with Crippen molar-refractivity contribution in [1.29, 1.82) is 0 Å². The summed E-state index contributed by atoms with van der Waals surface area (Å²) in [6.07, 6.45) is 21.2. The fraction of sp³-hybridized carbons (Fsp3) is 0.0476. The second kappa shape index (κ2) is 13.1. The average Bonchev–Trinajstić information content (AvgIpc) is 3.83. The van der Waals surface area contributed by atoms with Gasteiger partial charge in [-0.3, -0.25) is 0 Å². The van der Waals surface area contributed by atoms with Crippen molar-refractivity contribution in [2.45, 2.75) is 13.1 Å². The third-order valence-electron chi connectivity index (χ3n) is 8.68. The summed E-state index contributed by atoms with van der Waals surface area (Å²) >= 11 is 0. The molecule has 0 amide bonds. The number of hydrogen-bond donors (Lipinski definition) is 0. The summed E-state index contributed by atoms with van der Waals surface area (Å²) in [4.78, 5) is 0. The van der Waals surface area contributed by atoms with E-state index in [1.807, 2.05) is 0 Å². The van der Waals surface area contributed by atoms with E-state index in [2.05, 4.69) is 223 Å². The van der Waals surface area contributed by atoms with Crippen molar-refractivity contribution in [3.63, 3.8) is 0 Å². The van der Waals surface area contributed by atoms with Gasteiger partial charge in [0.15, 0.2) is 24.8 Å². The number of rotatable bonds is 9. The Labute approximate surface area is 280 Å². The first-order chi connectivity index (χ1) is 23.7. The zero-order chi connectivity index (χ0) is 32.1.